The van der Waals surface area contributed by atoms with Crippen molar-refractivity contribution < 1.29 is 26.9 Å². The summed E-state index contributed by atoms with van der Waals surface area (Å²) >= 11 is 0. The minimum Gasteiger partial charge on any atom is -0.493 e. The van der Waals surface area contributed by atoms with Crippen LogP contribution in [0.5, 0.6) is 11.5 Å². The molecule has 0 aliphatic carbocycles. The molecule has 2 rings (SSSR count). The van der Waals surface area contributed by atoms with E-state index in [1.165, 1.54) is 20.1 Å². The van der Waals surface area contributed by atoms with Crippen molar-refractivity contribution in [1.29, 1.82) is 0 Å². The van der Waals surface area contributed by atoms with E-state index in [9.17, 15) is 13.2 Å². The maximum absolute atomic E-state index is 11.7. The maximum atomic E-state index is 11.7. The number of aryl methyl sites for hydroxylation is 1. The van der Waals surface area contributed by atoms with Crippen LogP contribution >= 0.6 is 0 Å². The molecular formula is C15H18O7S. The van der Waals surface area contributed by atoms with Crippen LogP contribution in [0.4, 0.5) is 0 Å². The number of hydrogen-bond acceptors (Lipinski definition) is 6. The Labute approximate surface area is 133 Å². The van der Waals surface area contributed by atoms with Crippen molar-refractivity contribution in [3.05, 3.63) is 33.7 Å². The Kier molecular flexibility index (Phi) is 4.67. The molecule has 7 nitrogen and oxygen atoms in total. The normalized spacial score (nSPS) is 13.1. The maximum Gasteiger partial charge on any atom is 0.339 e. The molecule has 1 unspecified atom stereocenters. The zero-order valence-corrected chi connectivity index (χ0v) is 14.1. The summed E-state index contributed by atoms with van der Waals surface area (Å²) in [4.78, 5) is 11.7. The van der Waals surface area contributed by atoms with E-state index in [4.69, 9.17) is 18.4 Å². The number of ether oxygens (including phenoxy) is 2. The first-order valence-electron chi connectivity index (χ1n) is 6.86. The Morgan fingerprint density at radius 3 is 2.43 bits per heavy atom. The van der Waals surface area contributed by atoms with Crippen LogP contribution in [0.3, 0.4) is 0 Å². The Morgan fingerprint density at radius 1 is 1.22 bits per heavy atom. The predicted octanol–water partition coefficient (Wildman–Crippen LogP) is 2.07. The topological polar surface area (TPSA) is 103 Å². The van der Waals surface area contributed by atoms with Gasteiger partial charge in [0.25, 0.3) is 10.1 Å². The SMILES string of the molecule is COc1cc2oc(=O)c(C)c(C)c2cc1OCC(C)S(=O)(=O)O. The van der Waals surface area contributed by atoms with E-state index in [1.54, 1.807) is 19.9 Å². The summed E-state index contributed by atoms with van der Waals surface area (Å²) in [5, 5.41) is -0.420. The molecule has 0 fully saturated rings. The van der Waals surface area contributed by atoms with Crippen LogP contribution < -0.4 is 15.1 Å². The summed E-state index contributed by atoms with van der Waals surface area (Å²) in [7, 11) is -2.77. The zero-order chi connectivity index (χ0) is 17.4. The van der Waals surface area contributed by atoms with Crippen molar-refractivity contribution in [3.63, 3.8) is 0 Å². The zero-order valence-electron chi connectivity index (χ0n) is 13.2. The van der Waals surface area contributed by atoms with Gasteiger partial charge in [-0.1, -0.05) is 0 Å². The molecule has 126 valence electrons. The van der Waals surface area contributed by atoms with Crippen molar-refractivity contribution in [2.75, 3.05) is 13.7 Å². The molecule has 8 heteroatoms. The van der Waals surface area contributed by atoms with Gasteiger partial charge in [-0.3, -0.25) is 4.55 Å². The van der Waals surface area contributed by atoms with Crippen LogP contribution in [-0.4, -0.2) is 31.9 Å². The van der Waals surface area contributed by atoms with E-state index < -0.39 is 21.0 Å². The first kappa shape index (κ1) is 17.3. The highest BCUT2D eigenvalue weighted by atomic mass is 32.2. The highest BCUT2D eigenvalue weighted by Gasteiger charge is 2.20. The molecule has 1 atom stereocenters. The molecule has 0 aliphatic heterocycles. The second-order valence-corrected chi connectivity index (χ2v) is 7.11. The van der Waals surface area contributed by atoms with Crippen molar-refractivity contribution in [3.8, 4) is 11.5 Å². The van der Waals surface area contributed by atoms with Crippen LogP contribution in [0, 0.1) is 13.8 Å². The van der Waals surface area contributed by atoms with Crippen LogP contribution in [0.2, 0.25) is 0 Å². The van der Waals surface area contributed by atoms with Gasteiger partial charge in [-0.05, 0) is 32.4 Å². The highest BCUT2D eigenvalue weighted by Crippen LogP contribution is 2.34. The minimum absolute atomic E-state index is 0.241. The van der Waals surface area contributed by atoms with E-state index >= 15 is 0 Å². The van der Waals surface area contributed by atoms with Gasteiger partial charge in [0, 0.05) is 17.0 Å². The summed E-state index contributed by atoms with van der Waals surface area (Å²) in [6, 6.07) is 3.13. The minimum atomic E-state index is -4.18. The third-order valence-electron chi connectivity index (χ3n) is 3.72. The fourth-order valence-electron chi connectivity index (χ4n) is 2.02. The standard InChI is InChI=1S/C15H18O7S/c1-8(23(17,18)19)7-21-14-5-11-9(2)10(3)15(16)22-12(11)6-13(14)20-4/h5-6,8H,7H2,1-4H3,(H,17,18,19). The molecule has 0 spiro atoms. The molecule has 0 amide bonds. The quantitative estimate of drug-likeness (QED) is 0.655. The van der Waals surface area contributed by atoms with Gasteiger partial charge >= 0.3 is 5.63 Å². The van der Waals surface area contributed by atoms with E-state index in [0.717, 1.165) is 5.56 Å². The Bertz CT molecular complexity index is 896. The lowest BCUT2D eigenvalue weighted by Crippen LogP contribution is -2.24. The molecule has 0 saturated heterocycles. The fourth-order valence-corrected chi connectivity index (χ4v) is 2.26. The van der Waals surface area contributed by atoms with Crippen molar-refractivity contribution in [2.24, 2.45) is 0 Å². The Hall–Kier alpha value is -2.06. The molecule has 1 N–H and O–H groups in total. The van der Waals surface area contributed by atoms with Gasteiger partial charge in [0.05, 0.1) is 7.11 Å². The third kappa shape index (κ3) is 3.48. The number of methoxy groups -OCH3 is 1. The van der Waals surface area contributed by atoms with Crippen LogP contribution in [0.25, 0.3) is 11.0 Å². The van der Waals surface area contributed by atoms with Gasteiger partial charge in [0.2, 0.25) is 0 Å². The summed E-state index contributed by atoms with van der Waals surface area (Å²) in [5.74, 6) is 0.596. The number of benzene rings is 1. The molecule has 1 aromatic carbocycles. The van der Waals surface area contributed by atoms with E-state index in [0.29, 0.717) is 28.0 Å². The van der Waals surface area contributed by atoms with Crippen LogP contribution in [0.15, 0.2) is 21.3 Å². The molecule has 1 aromatic heterocycles. The van der Waals surface area contributed by atoms with Gasteiger partial charge < -0.3 is 13.9 Å². The van der Waals surface area contributed by atoms with Crippen molar-refractivity contribution in [1.82, 2.24) is 0 Å². The van der Waals surface area contributed by atoms with Crippen molar-refractivity contribution >= 4 is 21.1 Å². The average Bonchev–Trinajstić information content (AvgIpc) is 2.49. The van der Waals surface area contributed by atoms with Crippen LogP contribution in [-0.2, 0) is 10.1 Å². The fraction of sp³-hybridized carbons (Fsp3) is 0.400. The summed E-state index contributed by atoms with van der Waals surface area (Å²) in [5.41, 5.74) is 1.15. The Morgan fingerprint density at radius 2 is 1.87 bits per heavy atom. The van der Waals surface area contributed by atoms with E-state index in [1.807, 2.05) is 0 Å². The first-order valence-corrected chi connectivity index (χ1v) is 8.36. The van der Waals surface area contributed by atoms with Gasteiger partial charge in [-0.15, -0.1) is 0 Å². The lowest BCUT2D eigenvalue weighted by molar-refractivity contribution is 0.290. The second-order valence-electron chi connectivity index (χ2n) is 5.28. The summed E-state index contributed by atoms with van der Waals surface area (Å²) < 4.78 is 47.0. The Balaban J connectivity index is 2.49. The van der Waals surface area contributed by atoms with Gasteiger partial charge in [0.1, 0.15) is 17.4 Å². The molecular weight excluding hydrogens is 324 g/mol. The molecule has 0 aliphatic rings. The number of rotatable bonds is 5. The summed E-state index contributed by atoms with van der Waals surface area (Å²) in [6.07, 6.45) is 0. The van der Waals surface area contributed by atoms with Gasteiger partial charge in [0.15, 0.2) is 11.5 Å². The third-order valence-corrected chi connectivity index (χ3v) is 4.88. The molecule has 1 heterocycles. The lowest BCUT2D eigenvalue weighted by atomic mass is 10.1. The number of hydrogen-bond donors (Lipinski definition) is 1. The second kappa shape index (κ2) is 6.21. The van der Waals surface area contributed by atoms with Crippen molar-refractivity contribution in [2.45, 2.75) is 26.0 Å². The largest absolute Gasteiger partial charge is 0.493 e. The molecule has 0 saturated carbocycles. The molecule has 2 aromatic rings. The van der Waals surface area contributed by atoms with Crippen LogP contribution in [0.1, 0.15) is 18.1 Å². The molecule has 23 heavy (non-hydrogen) atoms. The highest BCUT2D eigenvalue weighted by molar-refractivity contribution is 7.86. The van der Waals surface area contributed by atoms with E-state index in [-0.39, 0.29) is 6.61 Å². The first-order chi connectivity index (χ1) is 10.6. The lowest BCUT2D eigenvalue weighted by Gasteiger charge is -2.15. The monoisotopic (exact) mass is 342 g/mol. The molecule has 0 bridgehead atoms. The average molecular weight is 342 g/mol. The molecule has 0 radical (unpaired) electrons. The van der Waals surface area contributed by atoms with E-state index in [2.05, 4.69) is 0 Å². The number of fused-ring (bicyclic) bond motifs is 1. The predicted molar refractivity (Wildman–Crippen MR) is 85.0 cm³/mol. The summed E-state index contributed by atoms with van der Waals surface area (Å²) in [6.45, 7) is 4.53. The van der Waals surface area contributed by atoms with Gasteiger partial charge in [-0.25, -0.2) is 4.79 Å². The smallest absolute Gasteiger partial charge is 0.339 e. The van der Waals surface area contributed by atoms with Gasteiger partial charge in [-0.2, -0.15) is 8.42 Å².